The molecule has 34 heavy (non-hydrogen) atoms. The SMILES string of the molecule is COc1ccc(OC)c(NC2=C(c3ccccc3)C(=O)N(c3ccc(OC)cc3OC)C2=O)c1. The highest BCUT2D eigenvalue weighted by atomic mass is 16.5. The van der Waals surface area contributed by atoms with Gasteiger partial charge in [-0.3, -0.25) is 9.59 Å². The Labute approximate surface area is 197 Å². The van der Waals surface area contributed by atoms with Crippen LogP contribution in [-0.4, -0.2) is 40.3 Å². The smallest absolute Gasteiger partial charge is 0.282 e. The van der Waals surface area contributed by atoms with Crippen LogP contribution in [0.25, 0.3) is 5.57 Å². The molecule has 8 nitrogen and oxygen atoms in total. The Hall–Kier alpha value is -4.46. The molecule has 3 aromatic carbocycles. The van der Waals surface area contributed by atoms with E-state index >= 15 is 0 Å². The minimum Gasteiger partial charge on any atom is -0.497 e. The summed E-state index contributed by atoms with van der Waals surface area (Å²) in [7, 11) is 6.06. The lowest BCUT2D eigenvalue weighted by Gasteiger charge is -2.19. The highest BCUT2D eigenvalue weighted by molar-refractivity contribution is 6.46. The fourth-order valence-corrected chi connectivity index (χ4v) is 3.75. The van der Waals surface area contributed by atoms with Gasteiger partial charge in [0.2, 0.25) is 0 Å². The first-order valence-electron chi connectivity index (χ1n) is 10.4. The third-order valence-electron chi connectivity index (χ3n) is 5.44. The number of nitrogens with one attached hydrogen (secondary N) is 1. The van der Waals surface area contributed by atoms with Crippen LogP contribution in [0.5, 0.6) is 23.0 Å². The second kappa shape index (κ2) is 9.58. The van der Waals surface area contributed by atoms with E-state index < -0.39 is 11.8 Å². The van der Waals surface area contributed by atoms with Gasteiger partial charge in [-0.15, -0.1) is 0 Å². The minimum absolute atomic E-state index is 0.112. The van der Waals surface area contributed by atoms with Crippen molar-refractivity contribution in [2.75, 3.05) is 38.7 Å². The molecule has 0 aromatic heterocycles. The number of nitrogens with zero attached hydrogens (tertiary/aromatic N) is 1. The lowest BCUT2D eigenvalue weighted by atomic mass is 10.0. The molecule has 0 saturated heterocycles. The van der Waals surface area contributed by atoms with Crippen molar-refractivity contribution in [2.24, 2.45) is 0 Å². The van der Waals surface area contributed by atoms with Crippen molar-refractivity contribution >= 4 is 28.8 Å². The van der Waals surface area contributed by atoms with Crippen molar-refractivity contribution < 1.29 is 28.5 Å². The second-order valence-electron chi connectivity index (χ2n) is 7.29. The van der Waals surface area contributed by atoms with Gasteiger partial charge < -0.3 is 24.3 Å². The van der Waals surface area contributed by atoms with Crippen LogP contribution in [-0.2, 0) is 9.59 Å². The Bertz CT molecular complexity index is 1270. The zero-order chi connectivity index (χ0) is 24.2. The minimum atomic E-state index is -0.530. The van der Waals surface area contributed by atoms with Gasteiger partial charge in [-0.25, -0.2) is 4.90 Å². The predicted octanol–water partition coefficient (Wildman–Crippen LogP) is 4.12. The monoisotopic (exact) mass is 460 g/mol. The lowest BCUT2D eigenvalue weighted by molar-refractivity contribution is -0.120. The molecule has 0 unspecified atom stereocenters. The average Bonchev–Trinajstić information content (AvgIpc) is 3.12. The second-order valence-corrected chi connectivity index (χ2v) is 7.29. The molecule has 8 heteroatoms. The normalized spacial score (nSPS) is 13.2. The molecule has 0 saturated carbocycles. The van der Waals surface area contributed by atoms with Gasteiger partial charge in [-0.1, -0.05) is 30.3 Å². The van der Waals surface area contributed by atoms with Crippen molar-refractivity contribution in [1.29, 1.82) is 0 Å². The summed E-state index contributed by atoms with van der Waals surface area (Å²) in [5, 5.41) is 3.12. The van der Waals surface area contributed by atoms with Gasteiger partial charge in [0.15, 0.2) is 0 Å². The van der Waals surface area contributed by atoms with E-state index in [1.165, 1.54) is 21.3 Å². The number of hydrogen-bond donors (Lipinski definition) is 1. The van der Waals surface area contributed by atoms with Crippen LogP contribution in [0, 0.1) is 0 Å². The standard InChI is InChI=1S/C26H24N2O6/c1-31-17-11-13-21(33-3)19(14-17)27-24-23(16-8-6-5-7-9-16)25(29)28(26(24)30)20-12-10-18(32-2)15-22(20)34-4/h5-15,27H,1-4H3. The Morgan fingerprint density at radius 2 is 1.32 bits per heavy atom. The molecule has 0 fully saturated rings. The Balaban J connectivity index is 1.85. The van der Waals surface area contributed by atoms with E-state index in [1.807, 2.05) is 6.07 Å². The maximum absolute atomic E-state index is 13.7. The summed E-state index contributed by atoms with van der Waals surface area (Å²) >= 11 is 0. The van der Waals surface area contributed by atoms with Gasteiger partial charge in [0.25, 0.3) is 11.8 Å². The number of hydrogen-bond acceptors (Lipinski definition) is 7. The summed E-state index contributed by atoms with van der Waals surface area (Å²) in [5.74, 6) is 0.905. The number of anilines is 2. The van der Waals surface area contributed by atoms with Crippen molar-refractivity contribution in [3.05, 3.63) is 78.0 Å². The zero-order valence-corrected chi connectivity index (χ0v) is 19.2. The van der Waals surface area contributed by atoms with Crippen LogP contribution in [0.4, 0.5) is 11.4 Å². The first-order chi connectivity index (χ1) is 16.5. The van der Waals surface area contributed by atoms with Gasteiger partial charge in [-0.2, -0.15) is 0 Å². The largest absolute Gasteiger partial charge is 0.497 e. The fraction of sp³-hybridized carbons (Fsp3) is 0.154. The van der Waals surface area contributed by atoms with Gasteiger partial charge in [0.1, 0.15) is 28.7 Å². The van der Waals surface area contributed by atoms with Crippen LogP contribution in [0.2, 0.25) is 0 Å². The molecule has 4 rings (SSSR count). The molecule has 174 valence electrons. The van der Waals surface area contributed by atoms with Crippen molar-refractivity contribution in [3.63, 3.8) is 0 Å². The summed E-state index contributed by atoms with van der Waals surface area (Å²) in [6.07, 6.45) is 0. The van der Waals surface area contributed by atoms with Crippen LogP contribution in [0.3, 0.4) is 0 Å². The van der Waals surface area contributed by atoms with Crippen LogP contribution >= 0.6 is 0 Å². The molecule has 0 radical (unpaired) electrons. The average molecular weight is 460 g/mol. The van der Waals surface area contributed by atoms with Crippen LogP contribution in [0.1, 0.15) is 5.56 Å². The first kappa shape index (κ1) is 22.7. The lowest BCUT2D eigenvalue weighted by Crippen LogP contribution is -2.32. The number of carbonyl (C=O) groups excluding carboxylic acids is 2. The van der Waals surface area contributed by atoms with Crippen molar-refractivity contribution in [3.8, 4) is 23.0 Å². The predicted molar refractivity (Wildman–Crippen MR) is 129 cm³/mol. The summed E-state index contributed by atoms with van der Waals surface area (Å²) < 4.78 is 21.5. The van der Waals surface area contributed by atoms with E-state index in [0.29, 0.717) is 39.9 Å². The number of methoxy groups -OCH3 is 4. The molecule has 1 aliphatic heterocycles. The molecular formula is C26H24N2O6. The Kier molecular flexibility index (Phi) is 6.40. The molecule has 2 amide bonds. The summed E-state index contributed by atoms with van der Waals surface area (Å²) in [6, 6.07) is 19.1. The van der Waals surface area contributed by atoms with Crippen LogP contribution < -0.4 is 29.2 Å². The quantitative estimate of drug-likeness (QED) is 0.506. The topological polar surface area (TPSA) is 86.3 Å². The maximum Gasteiger partial charge on any atom is 0.282 e. The van der Waals surface area contributed by atoms with Crippen molar-refractivity contribution in [1.82, 2.24) is 0 Å². The highest BCUT2D eigenvalue weighted by Gasteiger charge is 2.41. The molecule has 0 atom stereocenters. The van der Waals surface area contributed by atoms with Gasteiger partial charge >= 0.3 is 0 Å². The molecular weight excluding hydrogens is 436 g/mol. The summed E-state index contributed by atoms with van der Waals surface area (Å²) in [4.78, 5) is 28.5. The maximum atomic E-state index is 13.7. The van der Waals surface area contributed by atoms with Crippen molar-refractivity contribution in [2.45, 2.75) is 0 Å². The number of ether oxygens (including phenoxy) is 4. The summed E-state index contributed by atoms with van der Waals surface area (Å²) in [5.41, 5.74) is 1.73. The zero-order valence-electron chi connectivity index (χ0n) is 19.2. The number of carbonyl (C=O) groups is 2. The van der Waals surface area contributed by atoms with Gasteiger partial charge in [0.05, 0.1) is 45.4 Å². The van der Waals surface area contributed by atoms with E-state index in [9.17, 15) is 9.59 Å². The van der Waals surface area contributed by atoms with E-state index in [0.717, 1.165) is 4.90 Å². The number of rotatable bonds is 8. The molecule has 0 aliphatic carbocycles. The van der Waals surface area contributed by atoms with E-state index in [4.69, 9.17) is 18.9 Å². The molecule has 0 spiro atoms. The van der Waals surface area contributed by atoms with E-state index in [2.05, 4.69) is 5.32 Å². The Morgan fingerprint density at radius 1 is 0.676 bits per heavy atom. The molecule has 0 bridgehead atoms. The third kappa shape index (κ3) is 4.01. The molecule has 3 aromatic rings. The fourth-order valence-electron chi connectivity index (χ4n) is 3.75. The number of amides is 2. The number of imide groups is 1. The molecule has 1 aliphatic rings. The Morgan fingerprint density at radius 3 is 1.97 bits per heavy atom. The van der Waals surface area contributed by atoms with Gasteiger partial charge in [-0.05, 0) is 29.8 Å². The highest BCUT2D eigenvalue weighted by Crippen LogP contribution is 2.40. The van der Waals surface area contributed by atoms with Gasteiger partial charge in [0, 0.05) is 12.1 Å². The summed E-state index contributed by atoms with van der Waals surface area (Å²) in [6.45, 7) is 0. The molecule has 1 N–H and O–H groups in total. The van der Waals surface area contributed by atoms with E-state index in [1.54, 1.807) is 67.8 Å². The number of benzene rings is 3. The first-order valence-corrected chi connectivity index (χ1v) is 10.4. The molecule has 1 heterocycles. The third-order valence-corrected chi connectivity index (χ3v) is 5.44. The van der Waals surface area contributed by atoms with E-state index in [-0.39, 0.29) is 11.3 Å². The van der Waals surface area contributed by atoms with Crippen LogP contribution in [0.15, 0.2) is 72.4 Å².